The van der Waals surface area contributed by atoms with Crippen molar-refractivity contribution >= 4 is 31.7 Å². The molecule has 0 spiro atoms. The smallest absolute Gasteiger partial charge is 0.221 e. The highest BCUT2D eigenvalue weighted by Crippen LogP contribution is 2.16. The Kier molecular flexibility index (Phi) is 6.00. The fourth-order valence-corrected chi connectivity index (χ4v) is 2.94. The number of amides is 1. The molecule has 0 heterocycles. The van der Waals surface area contributed by atoms with Crippen molar-refractivity contribution in [1.82, 2.24) is 5.32 Å². The van der Waals surface area contributed by atoms with Crippen LogP contribution in [0.3, 0.4) is 0 Å². The van der Waals surface area contributed by atoms with Crippen LogP contribution in [0.1, 0.15) is 26.7 Å². The minimum Gasteiger partial charge on any atom is -0.354 e. The molecule has 106 valence electrons. The van der Waals surface area contributed by atoms with Crippen LogP contribution < -0.4 is 5.32 Å². The summed E-state index contributed by atoms with van der Waals surface area (Å²) in [5.74, 6) is -0.397. The van der Waals surface area contributed by atoms with E-state index in [1.165, 1.54) is 12.1 Å². The van der Waals surface area contributed by atoms with E-state index in [1.807, 2.05) is 13.8 Å². The van der Waals surface area contributed by atoms with Gasteiger partial charge in [-0.05, 0) is 37.6 Å². The molecule has 1 aromatic carbocycles. The maximum atomic E-state index is 12.0. The van der Waals surface area contributed by atoms with Crippen LogP contribution in [0.4, 0.5) is 0 Å². The number of benzene rings is 1. The number of sulfone groups is 1. The van der Waals surface area contributed by atoms with Gasteiger partial charge in [0, 0.05) is 16.9 Å². The lowest BCUT2D eigenvalue weighted by molar-refractivity contribution is -0.121. The fraction of sp³-hybridized carbons (Fsp3) is 0.462. The van der Waals surface area contributed by atoms with Gasteiger partial charge in [-0.1, -0.05) is 22.9 Å². The minimum atomic E-state index is -3.40. The molecular weight excluding hydrogens is 330 g/mol. The third-order valence-corrected chi connectivity index (χ3v) is 5.05. The van der Waals surface area contributed by atoms with Crippen LogP contribution in [0, 0.1) is 0 Å². The van der Waals surface area contributed by atoms with E-state index in [1.54, 1.807) is 12.1 Å². The molecule has 1 rings (SSSR count). The largest absolute Gasteiger partial charge is 0.354 e. The standard InChI is InChI=1S/C13H18BrNO3S/c1-3-10(2)15-13(16)8-9-19(17,18)12-6-4-11(14)5-7-12/h4-7,10H,3,8-9H2,1-2H3,(H,15,16). The second-order valence-electron chi connectivity index (χ2n) is 4.40. The molecule has 6 heteroatoms. The molecule has 1 N–H and O–H groups in total. The van der Waals surface area contributed by atoms with Crippen molar-refractivity contribution in [3.8, 4) is 0 Å². The molecule has 0 saturated heterocycles. The van der Waals surface area contributed by atoms with E-state index in [9.17, 15) is 13.2 Å². The first-order chi connectivity index (χ1) is 8.85. The molecule has 0 fully saturated rings. The lowest BCUT2D eigenvalue weighted by Crippen LogP contribution is -2.33. The zero-order chi connectivity index (χ0) is 14.5. The van der Waals surface area contributed by atoms with Gasteiger partial charge in [0.05, 0.1) is 10.6 Å². The molecule has 0 aliphatic rings. The average molecular weight is 348 g/mol. The summed E-state index contributed by atoms with van der Waals surface area (Å²) in [5, 5.41) is 2.75. The van der Waals surface area contributed by atoms with Gasteiger partial charge in [0.2, 0.25) is 5.91 Å². The summed E-state index contributed by atoms with van der Waals surface area (Å²) in [6.07, 6.45) is 0.813. The van der Waals surface area contributed by atoms with Gasteiger partial charge in [0.15, 0.2) is 9.84 Å². The van der Waals surface area contributed by atoms with Crippen LogP contribution in [-0.2, 0) is 14.6 Å². The Morgan fingerprint density at radius 1 is 1.32 bits per heavy atom. The Bertz CT molecular complexity index is 525. The first kappa shape index (κ1) is 16.2. The van der Waals surface area contributed by atoms with Crippen LogP contribution >= 0.6 is 15.9 Å². The van der Waals surface area contributed by atoms with Crippen molar-refractivity contribution < 1.29 is 13.2 Å². The number of nitrogens with one attached hydrogen (secondary N) is 1. The lowest BCUT2D eigenvalue weighted by Gasteiger charge is -2.11. The Morgan fingerprint density at radius 2 is 1.89 bits per heavy atom. The molecule has 1 aromatic rings. The Hall–Kier alpha value is -0.880. The molecular formula is C13H18BrNO3S. The third kappa shape index (κ3) is 5.32. The number of hydrogen-bond donors (Lipinski definition) is 1. The summed E-state index contributed by atoms with van der Waals surface area (Å²) in [6.45, 7) is 3.85. The molecule has 0 saturated carbocycles. The van der Waals surface area contributed by atoms with E-state index in [-0.39, 0.29) is 29.0 Å². The topological polar surface area (TPSA) is 63.2 Å². The van der Waals surface area contributed by atoms with Crippen LogP contribution in [0.2, 0.25) is 0 Å². The predicted molar refractivity (Wildman–Crippen MR) is 78.7 cm³/mol. The van der Waals surface area contributed by atoms with Crippen molar-refractivity contribution in [1.29, 1.82) is 0 Å². The van der Waals surface area contributed by atoms with Gasteiger partial charge in [0.25, 0.3) is 0 Å². The molecule has 1 amide bonds. The first-order valence-electron chi connectivity index (χ1n) is 6.13. The predicted octanol–water partition coefficient (Wildman–Crippen LogP) is 2.53. The van der Waals surface area contributed by atoms with E-state index >= 15 is 0 Å². The number of rotatable bonds is 6. The maximum absolute atomic E-state index is 12.0. The van der Waals surface area contributed by atoms with Gasteiger partial charge in [-0.15, -0.1) is 0 Å². The Labute approximate surface area is 122 Å². The molecule has 0 radical (unpaired) electrons. The highest BCUT2D eigenvalue weighted by Gasteiger charge is 2.16. The molecule has 1 unspecified atom stereocenters. The van der Waals surface area contributed by atoms with Gasteiger partial charge in [-0.3, -0.25) is 4.79 Å². The lowest BCUT2D eigenvalue weighted by atomic mass is 10.2. The van der Waals surface area contributed by atoms with Crippen molar-refractivity contribution in [2.45, 2.75) is 37.6 Å². The number of carbonyl (C=O) groups excluding carboxylic acids is 1. The highest BCUT2D eigenvalue weighted by atomic mass is 79.9. The summed E-state index contributed by atoms with van der Waals surface area (Å²) in [6, 6.07) is 6.49. The summed E-state index contributed by atoms with van der Waals surface area (Å²) in [7, 11) is -3.40. The van der Waals surface area contributed by atoms with E-state index in [0.717, 1.165) is 10.9 Å². The van der Waals surface area contributed by atoms with E-state index in [4.69, 9.17) is 0 Å². The molecule has 0 bridgehead atoms. The average Bonchev–Trinajstić information content (AvgIpc) is 2.37. The molecule has 0 aliphatic heterocycles. The van der Waals surface area contributed by atoms with E-state index in [0.29, 0.717) is 0 Å². The summed E-state index contributed by atoms with van der Waals surface area (Å²) in [4.78, 5) is 11.8. The minimum absolute atomic E-state index is 0.0112. The summed E-state index contributed by atoms with van der Waals surface area (Å²) in [5.41, 5.74) is 0. The fourth-order valence-electron chi connectivity index (χ4n) is 1.44. The monoisotopic (exact) mass is 347 g/mol. The second kappa shape index (κ2) is 7.05. The first-order valence-corrected chi connectivity index (χ1v) is 8.57. The SMILES string of the molecule is CCC(C)NC(=O)CCS(=O)(=O)c1ccc(Br)cc1. The van der Waals surface area contributed by atoms with Crippen LogP contribution in [0.5, 0.6) is 0 Å². The van der Waals surface area contributed by atoms with Gasteiger partial charge in [-0.2, -0.15) is 0 Å². The zero-order valence-corrected chi connectivity index (χ0v) is 13.4. The number of hydrogen-bond acceptors (Lipinski definition) is 3. The van der Waals surface area contributed by atoms with Gasteiger partial charge in [-0.25, -0.2) is 8.42 Å². The Balaban J connectivity index is 2.61. The van der Waals surface area contributed by atoms with Crippen molar-refractivity contribution in [3.63, 3.8) is 0 Å². The molecule has 19 heavy (non-hydrogen) atoms. The summed E-state index contributed by atoms with van der Waals surface area (Å²) < 4.78 is 24.8. The molecule has 4 nitrogen and oxygen atoms in total. The van der Waals surface area contributed by atoms with Gasteiger partial charge >= 0.3 is 0 Å². The molecule has 0 aliphatic carbocycles. The quantitative estimate of drug-likeness (QED) is 0.859. The van der Waals surface area contributed by atoms with Crippen LogP contribution in [0.25, 0.3) is 0 Å². The number of carbonyl (C=O) groups is 1. The maximum Gasteiger partial charge on any atom is 0.221 e. The zero-order valence-electron chi connectivity index (χ0n) is 11.0. The van der Waals surface area contributed by atoms with Gasteiger partial charge in [0.1, 0.15) is 0 Å². The highest BCUT2D eigenvalue weighted by molar-refractivity contribution is 9.10. The van der Waals surface area contributed by atoms with Crippen LogP contribution in [0.15, 0.2) is 33.6 Å². The van der Waals surface area contributed by atoms with E-state index < -0.39 is 9.84 Å². The van der Waals surface area contributed by atoms with Crippen LogP contribution in [-0.4, -0.2) is 26.1 Å². The Morgan fingerprint density at radius 3 is 2.42 bits per heavy atom. The van der Waals surface area contributed by atoms with E-state index in [2.05, 4.69) is 21.2 Å². The molecule has 1 atom stereocenters. The number of halogens is 1. The van der Waals surface area contributed by atoms with Crippen molar-refractivity contribution in [3.05, 3.63) is 28.7 Å². The second-order valence-corrected chi connectivity index (χ2v) is 7.42. The summed E-state index contributed by atoms with van der Waals surface area (Å²) >= 11 is 3.25. The van der Waals surface area contributed by atoms with Gasteiger partial charge < -0.3 is 5.32 Å². The molecule has 0 aromatic heterocycles. The third-order valence-electron chi connectivity index (χ3n) is 2.79. The van der Waals surface area contributed by atoms with Crippen molar-refractivity contribution in [2.75, 3.05) is 5.75 Å². The normalized spacial score (nSPS) is 13.0. The van der Waals surface area contributed by atoms with Crippen molar-refractivity contribution in [2.24, 2.45) is 0 Å².